The Morgan fingerprint density at radius 2 is 2.46 bits per heavy atom. The molecule has 0 saturated carbocycles. The lowest BCUT2D eigenvalue weighted by Gasteiger charge is -1.89. The monoisotopic (exact) mass is 193 g/mol. The van der Waals surface area contributed by atoms with Gasteiger partial charge < -0.3 is 5.73 Å². The first kappa shape index (κ1) is 8.00. The summed E-state index contributed by atoms with van der Waals surface area (Å²) in [5.41, 5.74) is 5.96. The van der Waals surface area contributed by atoms with Crippen molar-refractivity contribution in [3.63, 3.8) is 0 Å². The van der Waals surface area contributed by atoms with Crippen molar-refractivity contribution in [2.75, 3.05) is 0 Å². The Morgan fingerprint density at radius 3 is 3.00 bits per heavy atom. The molecule has 2 aromatic rings. The van der Waals surface area contributed by atoms with Crippen LogP contribution in [-0.2, 0) is 0 Å². The van der Waals surface area contributed by atoms with Crippen molar-refractivity contribution in [1.82, 2.24) is 9.78 Å². The van der Waals surface area contributed by atoms with E-state index < -0.39 is 6.03 Å². The topological polar surface area (TPSA) is 60.9 Å². The van der Waals surface area contributed by atoms with Crippen LogP contribution in [0.5, 0.6) is 0 Å². The molecule has 13 heavy (non-hydrogen) atoms. The van der Waals surface area contributed by atoms with Gasteiger partial charge in [0.05, 0.1) is 6.20 Å². The maximum absolute atomic E-state index is 10.7. The van der Waals surface area contributed by atoms with Gasteiger partial charge in [-0.15, -0.1) is 11.3 Å². The van der Waals surface area contributed by atoms with Crippen LogP contribution in [0.3, 0.4) is 0 Å². The molecule has 1 amide bonds. The molecule has 2 rings (SSSR count). The van der Waals surface area contributed by atoms with Crippen molar-refractivity contribution >= 4 is 17.4 Å². The van der Waals surface area contributed by atoms with Gasteiger partial charge in [-0.1, -0.05) is 6.07 Å². The predicted octanol–water partition coefficient (Wildman–Crippen LogP) is 1.54. The summed E-state index contributed by atoms with van der Waals surface area (Å²) in [5.74, 6) is 0. The average Bonchev–Trinajstić information content (AvgIpc) is 2.75. The Kier molecular flexibility index (Phi) is 1.86. The Hall–Kier alpha value is -1.62. The molecule has 0 unspecified atom stereocenters. The molecule has 5 heteroatoms. The molecule has 0 fully saturated rings. The zero-order valence-corrected chi connectivity index (χ0v) is 7.49. The quantitative estimate of drug-likeness (QED) is 0.746. The number of nitrogens with two attached hydrogens (primary N) is 1. The molecule has 0 bridgehead atoms. The third-order valence-electron chi connectivity index (χ3n) is 1.61. The second kappa shape index (κ2) is 3.02. The number of nitrogens with zero attached hydrogens (tertiary/aromatic N) is 2. The number of hydrogen-bond acceptors (Lipinski definition) is 3. The Morgan fingerprint density at radius 1 is 1.62 bits per heavy atom. The van der Waals surface area contributed by atoms with Gasteiger partial charge in [0.25, 0.3) is 0 Å². The predicted molar refractivity (Wildman–Crippen MR) is 50.5 cm³/mol. The number of amides is 1. The smallest absolute Gasteiger partial charge is 0.339 e. The number of rotatable bonds is 1. The van der Waals surface area contributed by atoms with Crippen molar-refractivity contribution in [2.45, 2.75) is 0 Å². The molecule has 0 aliphatic rings. The van der Waals surface area contributed by atoms with Crippen LogP contribution in [0.4, 0.5) is 4.79 Å². The van der Waals surface area contributed by atoms with Crippen molar-refractivity contribution in [3.8, 4) is 10.4 Å². The van der Waals surface area contributed by atoms with E-state index in [0.717, 1.165) is 15.1 Å². The number of hydrogen-bond donors (Lipinski definition) is 1. The lowest BCUT2D eigenvalue weighted by Crippen LogP contribution is -2.19. The largest absolute Gasteiger partial charge is 0.350 e. The van der Waals surface area contributed by atoms with Crippen molar-refractivity contribution < 1.29 is 4.79 Å². The molecular weight excluding hydrogens is 186 g/mol. The highest BCUT2D eigenvalue weighted by Gasteiger charge is 2.04. The van der Waals surface area contributed by atoms with Gasteiger partial charge in [-0.3, -0.25) is 0 Å². The van der Waals surface area contributed by atoms with E-state index in [0.29, 0.717) is 0 Å². The highest BCUT2D eigenvalue weighted by atomic mass is 32.1. The molecule has 0 aromatic carbocycles. The van der Waals surface area contributed by atoms with Crippen molar-refractivity contribution in [2.24, 2.45) is 5.73 Å². The minimum absolute atomic E-state index is 0.567. The van der Waals surface area contributed by atoms with Gasteiger partial charge in [-0.05, 0) is 11.4 Å². The lowest BCUT2D eigenvalue weighted by atomic mass is 10.3. The van der Waals surface area contributed by atoms with E-state index in [-0.39, 0.29) is 0 Å². The minimum atomic E-state index is -0.567. The van der Waals surface area contributed by atoms with E-state index in [9.17, 15) is 4.79 Å². The molecule has 0 saturated heterocycles. The average molecular weight is 193 g/mol. The van der Waals surface area contributed by atoms with E-state index in [1.165, 1.54) is 0 Å². The first-order chi connectivity index (χ1) is 6.27. The lowest BCUT2D eigenvalue weighted by molar-refractivity contribution is 0.247. The van der Waals surface area contributed by atoms with E-state index in [4.69, 9.17) is 5.73 Å². The van der Waals surface area contributed by atoms with Crippen molar-refractivity contribution in [1.29, 1.82) is 0 Å². The van der Waals surface area contributed by atoms with Gasteiger partial charge in [0, 0.05) is 16.6 Å². The standard InChI is InChI=1S/C8H7N3OS/c9-8(12)11-5-6(4-10-11)7-2-1-3-13-7/h1-5H,(H2,9,12). The van der Waals surface area contributed by atoms with Gasteiger partial charge in [-0.2, -0.15) is 9.78 Å². The van der Waals surface area contributed by atoms with Crippen LogP contribution in [0.25, 0.3) is 10.4 Å². The minimum Gasteiger partial charge on any atom is -0.350 e. The summed E-state index contributed by atoms with van der Waals surface area (Å²) in [6, 6.07) is 3.34. The fraction of sp³-hybridized carbons (Fsp3) is 0. The van der Waals surface area contributed by atoms with Crippen LogP contribution >= 0.6 is 11.3 Å². The molecular formula is C8H7N3OS. The van der Waals surface area contributed by atoms with E-state index in [1.54, 1.807) is 23.7 Å². The number of carbonyl (C=O) groups is 1. The number of primary amides is 1. The van der Waals surface area contributed by atoms with Gasteiger partial charge >= 0.3 is 6.03 Å². The normalized spacial score (nSPS) is 10.2. The molecule has 2 aromatic heterocycles. The Balaban J connectivity index is 2.39. The summed E-state index contributed by atoms with van der Waals surface area (Å²) in [6.45, 7) is 0. The molecule has 0 atom stereocenters. The second-order valence-corrected chi connectivity index (χ2v) is 3.44. The third kappa shape index (κ3) is 1.46. The van der Waals surface area contributed by atoms with E-state index >= 15 is 0 Å². The van der Waals surface area contributed by atoms with Crippen LogP contribution in [-0.4, -0.2) is 15.8 Å². The molecule has 0 aliphatic carbocycles. The van der Waals surface area contributed by atoms with E-state index in [1.807, 2.05) is 17.5 Å². The number of carbonyl (C=O) groups excluding carboxylic acids is 1. The Bertz CT molecular complexity index is 418. The van der Waals surface area contributed by atoms with Gasteiger partial charge in [0.1, 0.15) is 0 Å². The summed E-state index contributed by atoms with van der Waals surface area (Å²) in [7, 11) is 0. The van der Waals surface area contributed by atoms with E-state index in [2.05, 4.69) is 5.10 Å². The summed E-state index contributed by atoms with van der Waals surface area (Å²) in [5, 5.41) is 5.79. The zero-order chi connectivity index (χ0) is 9.26. The van der Waals surface area contributed by atoms with Gasteiger partial charge in [0.15, 0.2) is 0 Å². The first-order valence-corrected chi connectivity index (χ1v) is 4.53. The fourth-order valence-corrected chi connectivity index (χ4v) is 1.72. The molecule has 66 valence electrons. The van der Waals surface area contributed by atoms with Crippen LogP contribution < -0.4 is 5.73 Å². The fourth-order valence-electron chi connectivity index (χ4n) is 1.01. The van der Waals surface area contributed by atoms with Gasteiger partial charge in [0.2, 0.25) is 0 Å². The second-order valence-electron chi connectivity index (χ2n) is 2.49. The molecule has 0 aliphatic heterocycles. The third-order valence-corrected chi connectivity index (χ3v) is 2.53. The highest BCUT2D eigenvalue weighted by molar-refractivity contribution is 7.13. The zero-order valence-electron chi connectivity index (χ0n) is 6.68. The molecule has 0 spiro atoms. The Labute approximate surface area is 78.6 Å². The SMILES string of the molecule is NC(=O)n1cc(-c2cccs2)cn1. The van der Waals surface area contributed by atoms with Crippen LogP contribution in [0.15, 0.2) is 29.9 Å². The molecule has 2 heterocycles. The maximum atomic E-state index is 10.7. The van der Waals surface area contributed by atoms with Crippen LogP contribution in [0, 0.1) is 0 Å². The van der Waals surface area contributed by atoms with Crippen LogP contribution in [0.2, 0.25) is 0 Å². The van der Waals surface area contributed by atoms with Gasteiger partial charge in [-0.25, -0.2) is 4.79 Å². The summed E-state index contributed by atoms with van der Waals surface area (Å²) >= 11 is 1.60. The first-order valence-electron chi connectivity index (χ1n) is 3.66. The van der Waals surface area contributed by atoms with Crippen molar-refractivity contribution in [3.05, 3.63) is 29.9 Å². The summed E-state index contributed by atoms with van der Waals surface area (Å²) < 4.78 is 1.12. The number of aromatic nitrogens is 2. The van der Waals surface area contributed by atoms with Crippen LogP contribution in [0.1, 0.15) is 0 Å². The summed E-state index contributed by atoms with van der Waals surface area (Å²) in [6.07, 6.45) is 3.24. The molecule has 4 nitrogen and oxygen atoms in total. The molecule has 2 N–H and O–H groups in total. The summed E-state index contributed by atoms with van der Waals surface area (Å²) in [4.78, 5) is 11.8. The molecule has 0 radical (unpaired) electrons. The maximum Gasteiger partial charge on any atom is 0.339 e. The number of thiophene rings is 1. The highest BCUT2D eigenvalue weighted by Crippen LogP contribution is 2.23.